The quantitative estimate of drug-likeness (QED) is 0.730. The van der Waals surface area contributed by atoms with Crippen molar-refractivity contribution in [3.8, 4) is 0 Å². The number of nitrogens with one attached hydrogen (secondary N) is 1. The monoisotopic (exact) mass is 388 g/mol. The Bertz CT molecular complexity index is 680. The van der Waals surface area contributed by atoms with Crippen LogP contribution in [0.2, 0.25) is 0 Å². The summed E-state index contributed by atoms with van der Waals surface area (Å²) in [6, 6.07) is 7.27. The highest BCUT2D eigenvalue weighted by Gasteiger charge is 2.51. The number of carbonyl (C=O) groups is 3. The van der Waals surface area contributed by atoms with Gasteiger partial charge in [-0.05, 0) is 43.8 Å². The third kappa shape index (κ3) is 4.37. The zero-order valence-electron chi connectivity index (χ0n) is 16.1. The summed E-state index contributed by atoms with van der Waals surface area (Å²) >= 11 is 1.62. The lowest BCUT2D eigenvalue weighted by molar-refractivity contribution is -0.148. The molecule has 1 aromatic carbocycles. The lowest BCUT2D eigenvalue weighted by Gasteiger charge is -2.26. The van der Waals surface area contributed by atoms with E-state index < -0.39 is 6.04 Å². The molecule has 3 rings (SSSR count). The van der Waals surface area contributed by atoms with Crippen LogP contribution < -0.4 is 5.32 Å². The van der Waals surface area contributed by atoms with Gasteiger partial charge in [0.15, 0.2) is 0 Å². The van der Waals surface area contributed by atoms with Gasteiger partial charge in [-0.2, -0.15) is 11.8 Å². The number of fused-ring (bicyclic) bond motifs is 1. The molecule has 0 bridgehead atoms. The average molecular weight is 389 g/mol. The van der Waals surface area contributed by atoms with Crippen molar-refractivity contribution >= 4 is 29.5 Å². The maximum absolute atomic E-state index is 12.9. The fraction of sp³-hybridized carbons (Fsp3) is 0.571. The van der Waals surface area contributed by atoms with Crippen LogP contribution in [-0.4, -0.2) is 40.7 Å². The Morgan fingerprint density at radius 2 is 1.74 bits per heavy atom. The molecule has 1 aromatic rings. The van der Waals surface area contributed by atoms with Crippen molar-refractivity contribution in [2.24, 2.45) is 11.8 Å². The summed E-state index contributed by atoms with van der Waals surface area (Å²) in [5.74, 6) is -0.205. The van der Waals surface area contributed by atoms with Gasteiger partial charge in [-0.25, -0.2) is 0 Å². The van der Waals surface area contributed by atoms with Gasteiger partial charge in [-0.15, -0.1) is 0 Å². The molecule has 0 unspecified atom stereocenters. The van der Waals surface area contributed by atoms with Gasteiger partial charge in [0.1, 0.15) is 6.04 Å². The minimum Gasteiger partial charge on any atom is -0.350 e. The first-order chi connectivity index (χ1) is 13.0. The molecule has 2 aliphatic rings. The van der Waals surface area contributed by atoms with E-state index in [9.17, 15) is 14.4 Å². The van der Waals surface area contributed by atoms with Gasteiger partial charge in [0.05, 0.1) is 11.8 Å². The second-order valence-corrected chi connectivity index (χ2v) is 8.53. The number of hydrogen-bond donors (Lipinski definition) is 1. The summed E-state index contributed by atoms with van der Waals surface area (Å²) < 4.78 is 0. The molecule has 1 heterocycles. The molecule has 1 aliphatic carbocycles. The van der Waals surface area contributed by atoms with E-state index in [0.717, 1.165) is 37.0 Å². The number of benzene rings is 1. The fourth-order valence-corrected chi connectivity index (χ4v) is 4.57. The summed E-state index contributed by atoms with van der Waals surface area (Å²) in [4.78, 5) is 40.0. The highest BCUT2D eigenvalue weighted by molar-refractivity contribution is 7.98. The maximum Gasteiger partial charge on any atom is 0.243 e. The molecular weight excluding hydrogens is 360 g/mol. The lowest BCUT2D eigenvalue weighted by Crippen LogP contribution is -2.50. The van der Waals surface area contributed by atoms with Crippen molar-refractivity contribution in [2.45, 2.75) is 51.6 Å². The first-order valence-corrected chi connectivity index (χ1v) is 11.1. The minimum atomic E-state index is -0.700. The number of thioether (sulfide) groups is 1. The Hall–Kier alpha value is -1.82. The highest BCUT2D eigenvalue weighted by atomic mass is 32.2. The SMILES string of the molecule is CSCC[C@H](C(=O)NCc1ccc(C)cc1)N1C(=O)[C@@H]2CCCC[C@H]2C1=O. The number of likely N-dealkylation sites (tertiary alicyclic amines) is 1. The molecular formula is C21H28N2O3S. The van der Waals surface area contributed by atoms with Crippen LogP contribution in [0.25, 0.3) is 0 Å². The topological polar surface area (TPSA) is 66.5 Å². The molecule has 5 nitrogen and oxygen atoms in total. The number of amides is 3. The molecule has 2 fully saturated rings. The van der Waals surface area contributed by atoms with E-state index in [4.69, 9.17) is 0 Å². The van der Waals surface area contributed by atoms with Crippen LogP contribution >= 0.6 is 11.8 Å². The number of nitrogens with zero attached hydrogens (tertiary/aromatic N) is 1. The smallest absolute Gasteiger partial charge is 0.243 e. The molecule has 3 atom stereocenters. The van der Waals surface area contributed by atoms with Crippen LogP contribution in [-0.2, 0) is 20.9 Å². The van der Waals surface area contributed by atoms with Crippen LogP contribution in [0.15, 0.2) is 24.3 Å². The van der Waals surface area contributed by atoms with E-state index >= 15 is 0 Å². The van der Waals surface area contributed by atoms with Crippen LogP contribution in [0.5, 0.6) is 0 Å². The third-order valence-electron chi connectivity index (χ3n) is 5.67. The Kier molecular flexibility index (Phi) is 6.58. The van der Waals surface area contributed by atoms with Crippen LogP contribution in [0.4, 0.5) is 0 Å². The second-order valence-electron chi connectivity index (χ2n) is 7.54. The summed E-state index contributed by atoms with van der Waals surface area (Å²) in [6.07, 6.45) is 5.98. The zero-order chi connectivity index (χ0) is 19.4. The lowest BCUT2D eigenvalue weighted by atomic mass is 9.81. The van der Waals surface area contributed by atoms with E-state index in [1.807, 2.05) is 37.4 Å². The van der Waals surface area contributed by atoms with E-state index in [0.29, 0.717) is 13.0 Å². The number of aryl methyl sites for hydroxylation is 1. The predicted octanol–water partition coefficient (Wildman–Crippen LogP) is 2.91. The maximum atomic E-state index is 12.9. The van der Waals surface area contributed by atoms with E-state index in [1.165, 1.54) is 10.5 Å². The van der Waals surface area contributed by atoms with Crippen LogP contribution in [0.1, 0.15) is 43.2 Å². The number of imide groups is 1. The first kappa shape index (κ1) is 19.9. The second kappa shape index (κ2) is 8.91. The molecule has 1 saturated carbocycles. The van der Waals surface area contributed by atoms with Gasteiger partial charge in [-0.1, -0.05) is 42.7 Å². The Labute approximate surface area is 165 Å². The van der Waals surface area contributed by atoms with Crippen LogP contribution in [0.3, 0.4) is 0 Å². The fourth-order valence-electron chi connectivity index (χ4n) is 4.11. The first-order valence-electron chi connectivity index (χ1n) is 9.72. The van der Waals surface area contributed by atoms with Gasteiger partial charge in [0.2, 0.25) is 17.7 Å². The van der Waals surface area contributed by atoms with Gasteiger partial charge >= 0.3 is 0 Å². The Morgan fingerprint density at radius 3 is 2.30 bits per heavy atom. The summed E-state index contributed by atoms with van der Waals surface area (Å²) in [7, 11) is 0. The largest absolute Gasteiger partial charge is 0.350 e. The summed E-state index contributed by atoms with van der Waals surface area (Å²) in [5.41, 5.74) is 2.17. The Morgan fingerprint density at radius 1 is 1.15 bits per heavy atom. The molecule has 0 radical (unpaired) electrons. The third-order valence-corrected chi connectivity index (χ3v) is 6.32. The van der Waals surface area contributed by atoms with Crippen molar-refractivity contribution in [1.29, 1.82) is 0 Å². The van der Waals surface area contributed by atoms with Gasteiger partial charge in [-0.3, -0.25) is 19.3 Å². The molecule has 0 aromatic heterocycles. The summed E-state index contributed by atoms with van der Waals surface area (Å²) in [6.45, 7) is 2.42. The normalized spacial score (nSPS) is 23.3. The highest BCUT2D eigenvalue weighted by Crippen LogP contribution is 2.39. The zero-order valence-corrected chi connectivity index (χ0v) is 16.9. The Balaban J connectivity index is 1.72. The molecule has 1 aliphatic heterocycles. The van der Waals surface area contributed by atoms with Crippen molar-refractivity contribution < 1.29 is 14.4 Å². The molecule has 3 amide bonds. The standard InChI is InChI=1S/C21H28N2O3S/c1-14-7-9-15(10-8-14)13-22-19(24)18(11-12-27-2)23-20(25)16-5-3-4-6-17(16)21(23)26/h7-10,16-18H,3-6,11-13H2,1-2H3,(H,22,24)/t16-,17-,18-/m1/s1. The predicted molar refractivity (Wildman–Crippen MR) is 107 cm³/mol. The molecule has 6 heteroatoms. The van der Waals surface area contributed by atoms with Crippen molar-refractivity contribution in [3.63, 3.8) is 0 Å². The number of carbonyl (C=O) groups excluding carboxylic acids is 3. The number of rotatable bonds is 7. The molecule has 1 N–H and O–H groups in total. The van der Waals surface area contributed by atoms with Crippen molar-refractivity contribution in [3.05, 3.63) is 35.4 Å². The molecule has 146 valence electrons. The number of hydrogen-bond acceptors (Lipinski definition) is 4. The average Bonchev–Trinajstić information content (AvgIpc) is 2.93. The van der Waals surface area contributed by atoms with E-state index in [1.54, 1.807) is 11.8 Å². The van der Waals surface area contributed by atoms with E-state index in [2.05, 4.69) is 5.32 Å². The van der Waals surface area contributed by atoms with Crippen molar-refractivity contribution in [2.75, 3.05) is 12.0 Å². The molecule has 27 heavy (non-hydrogen) atoms. The van der Waals surface area contributed by atoms with Gasteiger partial charge in [0.25, 0.3) is 0 Å². The molecule has 0 spiro atoms. The minimum absolute atomic E-state index is 0.138. The van der Waals surface area contributed by atoms with Crippen molar-refractivity contribution in [1.82, 2.24) is 10.2 Å². The summed E-state index contributed by atoms with van der Waals surface area (Å²) in [5, 5.41) is 2.93. The molecule has 1 saturated heterocycles. The van der Waals surface area contributed by atoms with E-state index in [-0.39, 0.29) is 29.6 Å². The van der Waals surface area contributed by atoms with Gasteiger partial charge in [0, 0.05) is 6.54 Å². The van der Waals surface area contributed by atoms with Gasteiger partial charge < -0.3 is 5.32 Å². The van der Waals surface area contributed by atoms with Crippen LogP contribution in [0, 0.1) is 18.8 Å².